The molecule has 10 heteroatoms. The lowest BCUT2D eigenvalue weighted by molar-refractivity contribution is -1.92. The maximum absolute atomic E-state index is 11.7. The summed E-state index contributed by atoms with van der Waals surface area (Å²) >= 11 is 0. The first-order valence-corrected chi connectivity index (χ1v) is 10.5. The third-order valence-electron chi connectivity index (χ3n) is 4.73. The van der Waals surface area contributed by atoms with Gasteiger partial charge in [-0.15, -0.1) is 0 Å². The lowest BCUT2D eigenvalue weighted by Crippen LogP contribution is -2.64. The number of fused-ring (bicyclic) bond motifs is 1. The molecule has 0 saturated carbocycles. The standard InChI is InChI=1S/C22H23ClO9/c1-14-10-16-11-20(29-4)21(30-5)13-18(16)22(31-14,32-23(24,25)26)9-8-15-6-7-17(27-2)12-19(15)28-3/h6-13H,1-5H3. The summed E-state index contributed by atoms with van der Waals surface area (Å²) in [6.45, 7) is 1.61. The average Bonchev–Trinajstić information content (AvgIpc) is 2.75. The third-order valence-corrected chi connectivity index (χ3v) is 5.15. The van der Waals surface area contributed by atoms with Gasteiger partial charge in [-0.25, -0.2) is 0 Å². The molecule has 2 aromatic rings. The fourth-order valence-electron chi connectivity index (χ4n) is 3.36. The molecular formula is C22H23ClO9. The van der Waals surface area contributed by atoms with E-state index < -0.39 is 16.0 Å². The molecule has 0 fully saturated rings. The Morgan fingerprint density at radius 2 is 1.53 bits per heavy atom. The zero-order chi connectivity index (χ0) is 23.5. The first-order chi connectivity index (χ1) is 15.1. The van der Waals surface area contributed by atoms with Crippen LogP contribution in [0.3, 0.4) is 0 Å². The molecule has 172 valence electrons. The number of rotatable bonds is 8. The van der Waals surface area contributed by atoms with Crippen LogP contribution in [0, 0.1) is 10.2 Å². The van der Waals surface area contributed by atoms with Gasteiger partial charge in [0.1, 0.15) is 15.8 Å². The molecule has 0 amide bonds. The highest BCUT2D eigenvalue weighted by Gasteiger charge is 2.52. The third kappa shape index (κ3) is 4.93. The van der Waals surface area contributed by atoms with E-state index in [1.165, 1.54) is 46.7 Å². The highest BCUT2D eigenvalue weighted by Crippen LogP contribution is 2.45. The van der Waals surface area contributed by atoms with Gasteiger partial charge in [0.05, 0.1) is 50.0 Å². The fourth-order valence-corrected chi connectivity index (χ4v) is 3.81. The van der Waals surface area contributed by atoms with E-state index in [1.54, 1.807) is 37.3 Å². The molecule has 1 unspecified atom stereocenters. The van der Waals surface area contributed by atoms with Crippen LogP contribution < -0.4 is 32.9 Å². The van der Waals surface area contributed by atoms with Crippen LogP contribution in [0.2, 0.25) is 0 Å². The fraction of sp³-hybridized carbons (Fsp3) is 0.273. The molecular weight excluding hydrogens is 444 g/mol. The predicted octanol–water partition coefficient (Wildman–Crippen LogP) is 0.892. The van der Waals surface area contributed by atoms with Gasteiger partial charge in [-0.1, -0.05) is 0 Å². The minimum Gasteiger partial charge on any atom is -0.497 e. The summed E-state index contributed by atoms with van der Waals surface area (Å²) in [7, 11) is 1.03. The van der Waals surface area contributed by atoms with Crippen LogP contribution in [-0.2, 0) is 14.8 Å². The summed E-state index contributed by atoms with van der Waals surface area (Å²) < 4.78 is 67.0. The molecule has 0 aliphatic carbocycles. The van der Waals surface area contributed by atoms with Crippen LogP contribution in [0.4, 0.5) is 0 Å². The van der Waals surface area contributed by atoms with Crippen molar-refractivity contribution in [3.05, 3.63) is 58.9 Å². The Kier molecular flexibility index (Phi) is 6.87. The van der Waals surface area contributed by atoms with Crippen LogP contribution >= 0.6 is 0 Å². The van der Waals surface area contributed by atoms with Gasteiger partial charge >= 0.3 is 5.79 Å². The summed E-state index contributed by atoms with van der Waals surface area (Å²) in [5.74, 6) is -0.0502. The Labute approximate surface area is 187 Å². The molecule has 0 radical (unpaired) electrons. The second kappa shape index (κ2) is 9.27. The second-order valence-corrected chi connectivity index (χ2v) is 7.63. The average molecular weight is 467 g/mol. The Hall–Kier alpha value is -2.95. The van der Waals surface area contributed by atoms with E-state index in [0.717, 1.165) is 0 Å². The molecule has 32 heavy (non-hydrogen) atoms. The lowest BCUT2D eigenvalue weighted by atomic mass is 9.94. The molecule has 0 N–H and O–H groups in total. The van der Waals surface area contributed by atoms with Crippen molar-refractivity contribution in [1.82, 2.24) is 0 Å². The van der Waals surface area contributed by atoms with Crippen molar-refractivity contribution in [2.45, 2.75) is 12.7 Å². The number of halogens is 1. The molecule has 3 rings (SSSR count). The molecule has 1 aliphatic heterocycles. The highest BCUT2D eigenvalue weighted by atomic mass is 35.7. The van der Waals surface area contributed by atoms with Crippen molar-refractivity contribution in [1.29, 1.82) is 0 Å². The zero-order valence-electron chi connectivity index (χ0n) is 18.2. The van der Waals surface area contributed by atoms with Crippen LogP contribution in [0.25, 0.3) is 12.2 Å². The van der Waals surface area contributed by atoms with E-state index in [9.17, 15) is 14.0 Å². The van der Waals surface area contributed by atoms with Gasteiger partial charge in [-0.05, 0) is 48.9 Å². The first-order valence-electron chi connectivity index (χ1n) is 9.31. The summed E-state index contributed by atoms with van der Waals surface area (Å²) in [5.41, 5.74) is 1.32. The second-order valence-electron chi connectivity index (χ2n) is 6.72. The van der Waals surface area contributed by atoms with Crippen molar-refractivity contribution < 1.29 is 52.2 Å². The predicted molar refractivity (Wildman–Crippen MR) is 106 cm³/mol. The van der Waals surface area contributed by atoms with Gasteiger partial charge in [-0.3, -0.25) is 0 Å². The van der Waals surface area contributed by atoms with Crippen molar-refractivity contribution in [3.8, 4) is 23.0 Å². The summed E-state index contributed by atoms with van der Waals surface area (Å²) in [6.07, 6.45) is 4.51. The number of methoxy groups -OCH3 is 4. The summed E-state index contributed by atoms with van der Waals surface area (Å²) in [6, 6.07) is 8.19. The Morgan fingerprint density at radius 3 is 2.12 bits per heavy atom. The quantitative estimate of drug-likeness (QED) is 0.557. The topological polar surface area (TPSA) is 125 Å². The van der Waals surface area contributed by atoms with E-state index in [2.05, 4.69) is 0 Å². The number of allylic oxidation sites excluding steroid dienone is 1. The number of benzene rings is 2. The Bertz CT molecular complexity index is 1040. The lowest BCUT2D eigenvalue weighted by Gasteiger charge is -2.32. The normalized spacial score (nSPS) is 17.9. The van der Waals surface area contributed by atoms with Crippen molar-refractivity contribution in [2.75, 3.05) is 28.4 Å². The summed E-state index contributed by atoms with van der Waals surface area (Å²) in [4.78, 5) is 0. The molecule has 9 nitrogen and oxygen atoms in total. The van der Waals surface area contributed by atoms with Crippen LogP contribution in [0.15, 0.2) is 42.2 Å². The van der Waals surface area contributed by atoms with Gasteiger partial charge in [0, 0.05) is 17.7 Å². The molecule has 0 bridgehead atoms. The van der Waals surface area contributed by atoms with Gasteiger partial charge in [0.25, 0.3) is 0 Å². The van der Waals surface area contributed by atoms with Gasteiger partial charge < -0.3 is 23.7 Å². The van der Waals surface area contributed by atoms with Crippen molar-refractivity contribution in [3.63, 3.8) is 0 Å². The molecule has 0 aromatic heterocycles. The number of hydrogen-bond donors (Lipinski definition) is 0. The smallest absolute Gasteiger partial charge is 0.408 e. The SMILES string of the molecule is COc1ccc(C=CC2(O[Cl+3]([O-])([O-])[O-])OC(C)=Cc3cc(OC)c(OC)cc32)c(OC)c1. The van der Waals surface area contributed by atoms with Gasteiger partial charge in [0.2, 0.25) is 0 Å². The van der Waals surface area contributed by atoms with E-state index in [0.29, 0.717) is 39.9 Å². The van der Waals surface area contributed by atoms with Gasteiger partial charge in [-0.2, -0.15) is 14.0 Å². The maximum Gasteiger partial charge on any atom is 0.408 e. The zero-order valence-corrected chi connectivity index (χ0v) is 18.9. The highest BCUT2D eigenvalue weighted by molar-refractivity contribution is 5.67. The first kappa shape index (κ1) is 23.7. The largest absolute Gasteiger partial charge is 0.497 e. The minimum absolute atomic E-state index is 0.233. The van der Waals surface area contributed by atoms with Crippen LogP contribution in [0.1, 0.15) is 23.6 Å². The van der Waals surface area contributed by atoms with Crippen LogP contribution in [0.5, 0.6) is 23.0 Å². The number of hydrogen-bond acceptors (Lipinski definition) is 9. The van der Waals surface area contributed by atoms with Gasteiger partial charge in [0.15, 0.2) is 11.5 Å². The monoisotopic (exact) mass is 466 g/mol. The van der Waals surface area contributed by atoms with E-state index >= 15 is 0 Å². The molecule has 0 saturated heterocycles. The van der Waals surface area contributed by atoms with Crippen molar-refractivity contribution in [2.24, 2.45) is 0 Å². The van der Waals surface area contributed by atoms with Crippen LogP contribution in [-0.4, -0.2) is 28.4 Å². The van der Waals surface area contributed by atoms with E-state index in [1.807, 2.05) is 0 Å². The summed E-state index contributed by atoms with van der Waals surface area (Å²) in [5, 5.41) is 0. The molecule has 1 heterocycles. The Morgan fingerprint density at radius 1 is 0.875 bits per heavy atom. The maximum atomic E-state index is 11.7. The Balaban J connectivity index is 2.20. The van der Waals surface area contributed by atoms with Crippen molar-refractivity contribution >= 4 is 12.2 Å². The van der Waals surface area contributed by atoms with E-state index in [-0.39, 0.29) is 5.56 Å². The molecule has 0 spiro atoms. The van der Waals surface area contributed by atoms with E-state index in [4.69, 9.17) is 28.0 Å². The minimum atomic E-state index is -4.88. The number of ether oxygens (including phenoxy) is 5. The molecule has 1 atom stereocenters. The molecule has 1 aliphatic rings. The molecule has 2 aromatic carbocycles.